The van der Waals surface area contributed by atoms with Crippen LogP contribution in [0.4, 0.5) is 11.4 Å². The molecule has 3 amide bonds. The fraction of sp³-hybridized carbons (Fsp3) is 0.559. The van der Waals surface area contributed by atoms with Gasteiger partial charge in [0.15, 0.2) is 0 Å². The fourth-order valence-corrected chi connectivity index (χ4v) is 10.1. The van der Waals surface area contributed by atoms with Gasteiger partial charge in [0.25, 0.3) is 0 Å². The molecule has 3 N–H and O–H groups in total. The summed E-state index contributed by atoms with van der Waals surface area (Å²) in [6, 6.07) is 16.3. The minimum atomic E-state index is -0.790. The van der Waals surface area contributed by atoms with Crippen LogP contribution in [0.1, 0.15) is 59.4 Å². The Morgan fingerprint density at radius 3 is 2.33 bits per heavy atom. The molecule has 3 heterocycles. The number of hydrogen-bond donors (Lipinski definition) is 3. The van der Waals surface area contributed by atoms with E-state index in [9.17, 15) is 19.5 Å². The van der Waals surface area contributed by atoms with Crippen LogP contribution < -0.4 is 15.5 Å². The molecule has 43 heavy (non-hydrogen) atoms. The molecule has 1 spiro atoms. The number of carbonyl (C=O) groups excluding carboxylic acids is 3. The Morgan fingerprint density at radius 2 is 1.72 bits per heavy atom. The minimum absolute atomic E-state index is 0.142. The molecule has 5 rings (SSSR count). The Bertz CT molecular complexity index is 1320. The number of thioether (sulfide) groups is 1. The molecule has 0 aliphatic carbocycles. The van der Waals surface area contributed by atoms with Gasteiger partial charge < -0.3 is 25.5 Å². The first-order chi connectivity index (χ1) is 20.6. The van der Waals surface area contributed by atoms with E-state index in [-0.39, 0.29) is 30.2 Å². The molecule has 3 aliphatic rings. The lowest BCUT2D eigenvalue weighted by Crippen LogP contribution is -2.55. The third-order valence-corrected chi connectivity index (χ3v) is 11.7. The van der Waals surface area contributed by atoms with E-state index in [0.29, 0.717) is 25.1 Å². The maximum absolute atomic E-state index is 14.5. The highest BCUT2D eigenvalue weighted by atomic mass is 32.2. The monoisotopic (exact) mass is 606 g/mol. The molecule has 9 heteroatoms. The smallest absolute Gasteiger partial charge is 0.248 e. The molecule has 2 aromatic carbocycles. The number of carbonyl (C=O) groups is 3. The van der Waals surface area contributed by atoms with E-state index in [0.717, 1.165) is 30.8 Å². The summed E-state index contributed by atoms with van der Waals surface area (Å²) in [5, 5.41) is 16.7. The molecular weight excluding hydrogens is 560 g/mol. The van der Waals surface area contributed by atoms with Crippen molar-refractivity contribution in [2.45, 2.75) is 82.0 Å². The van der Waals surface area contributed by atoms with Crippen LogP contribution in [0.15, 0.2) is 54.6 Å². The SMILES string of the molecule is CCN(CC)c1ccc(NC(=O)C2N([C@@H](CO)CC(C)C)C(=O)[C@@H]3[C@H](C(=O)NCc4ccccc4)[C@]4(C)CCC23S4)cc1. The molecule has 0 aromatic heterocycles. The standard InChI is InChI=1S/C34H46N4O4S/c1-6-37(7-2)25-15-13-24(14-16-25)36-31(41)29-34-18-17-33(5,43-34)27(30(40)35-20-23-11-9-8-10-12-23)28(34)32(42)38(29)26(21-39)19-22(3)4/h8-16,22,26-29,39H,6-7,17-21H2,1-5H3,(H,35,40)(H,36,41)/t26-,27-,28+,29?,33+,34?/m1/s1. The van der Waals surface area contributed by atoms with Crippen molar-refractivity contribution in [2.75, 3.05) is 29.9 Å². The number of benzene rings is 2. The van der Waals surface area contributed by atoms with Gasteiger partial charge in [-0.3, -0.25) is 14.4 Å². The van der Waals surface area contributed by atoms with E-state index in [1.807, 2.05) is 54.6 Å². The highest BCUT2D eigenvalue weighted by Crippen LogP contribution is 2.71. The zero-order chi connectivity index (χ0) is 30.9. The van der Waals surface area contributed by atoms with Gasteiger partial charge in [0.1, 0.15) is 6.04 Å². The van der Waals surface area contributed by atoms with Crippen LogP contribution in [0.3, 0.4) is 0 Å². The van der Waals surface area contributed by atoms with Crippen molar-refractivity contribution >= 4 is 40.9 Å². The molecule has 2 unspecified atom stereocenters. The highest BCUT2D eigenvalue weighted by Gasteiger charge is 2.77. The summed E-state index contributed by atoms with van der Waals surface area (Å²) in [5.74, 6) is -1.56. The van der Waals surface area contributed by atoms with Crippen LogP contribution in [-0.4, -0.2) is 69.0 Å². The van der Waals surface area contributed by atoms with Crippen molar-refractivity contribution in [3.05, 3.63) is 60.2 Å². The summed E-state index contributed by atoms with van der Waals surface area (Å²) in [6.45, 7) is 12.3. The number of rotatable bonds is 12. The van der Waals surface area contributed by atoms with Crippen LogP contribution in [0.25, 0.3) is 0 Å². The molecule has 2 bridgehead atoms. The number of amides is 3. The number of nitrogens with one attached hydrogen (secondary N) is 2. The van der Waals surface area contributed by atoms with Crippen LogP contribution in [0.5, 0.6) is 0 Å². The molecule has 3 aliphatic heterocycles. The zero-order valence-corrected chi connectivity index (χ0v) is 26.8. The maximum Gasteiger partial charge on any atom is 0.248 e. The predicted molar refractivity (Wildman–Crippen MR) is 173 cm³/mol. The van der Waals surface area contributed by atoms with Gasteiger partial charge in [-0.25, -0.2) is 0 Å². The number of fused-ring (bicyclic) bond motifs is 1. The molecule has 232 valence electrons. The van der Waals surface area contributed by atoms with Crippen molar-refractivity contribution in [3.63, 3.8) is 0 Å². The normalized spacial score (nSPS) is 28.2. The second-order valence-corrected chi connectivity index (χ2v) is 14.7. The van der Waals surface area contributed by atoms with Crippen LogP contribution in [-0.2, 0) is 20.9 Å². The maximum atomic E-state index is 14.5. The van der Waals surface area contributed by atoms with Gasteiger partial charge in [-0.15, -0.1) is 11.8 Å². The Morgan fingerprint density at radius 1 is 1.05 bits per heavy atom. The number of nitrogens with zero attached hydrogens (tertiary/aromatic N) is 2. The lowest BCUT2D eigenvalue weighted by molar-refractivity contribution is -0.143. The Labute approximate surface area is 260 Å². The second-order valence-electron chi connectivity index (χ2n) is 12.9. The third kappa shape index (κ3) is 5.66. The van der Waals surface area contributed by atoms with Crippen LogP contribution in [0, 0.1) is 17.8 Å². The first kappa shape index (κ1) is 31.4. The average Bonchev–Trinajstić information content (AvgIpc) is 3.57. The van der Waals surface area contributed by atoms with Gasteiger partial charge in [0.2, 0.25) is 17.7 Å². The summed E-state index contributed by atoms with van der Waals surface area (Å²) >= 11 is 1.65. The molecule has 0 radical (unpaired) electrons. The zero-order valence-electron chi connectivity index (χ0n) is 26.0. The van der Waals surface area contributed by atoms with Gasteiger partial charge in [-0.2, -0.15) is 0 Å². The number of hydrogen-bond acceptors (Lipinski definition) is 6. The molecule has 0 saturated carbocycles. The summed E-state index contributed by atoms with van der Waals surface area (Å²) in [6.07, 6.45) is 1.98. The molecular formula is C34H46N4O4S. The Kier molecular flexibility index (Phi) is 9.14. The van der Waals surface area contributed by atoms with Crippen molar-refractivity contribution in [2.24, 2.45) is 17.8 Å². The average molecular weight is 607 g/mol. The van der Waals surface area contributed by atoms with Crippen molar-refractivity contribution < 1.29 is 19.5 Å². The van der Waals surface area contributed by atoms with Gasteiger partial charge in [0.05, 0.1) is 29.2 Å². The first-order valence-electron chi connectivity index (χ1n) is 15.7. The lowest BCUT2D eigenvalue weighted by atomic mass is 9.66. The Hall–Kier alpha value is -3.04. The quantitative estimate of drug-likeness (QED) is 0.325. The Balaban J connectivity index is 1.47. The lowest BCUT2D eigenvalue weighted by Gasteiger charge is -2.37. The van der Waals surface area contributed by atoms with Gasteiger partial charge in [-0.05, 0) is 75.8 Å². The van der Waals surface area contributed by atoms with Gasteiger partial charge in [0, 0.05) is 35.8 Å². The number of aliphatic hydroxyl groups excluding tert-OH is 1. The molecule has 3 saturated heterocycles. The van der Waals surface area contributed by atoms with Crippen molar-refractivity contribution in [3.8, 4) is 0 Å². The van der Waals surface area contributed by atoms with E-state index < -0.39 is 33.4 Å². The molecule has 2 aromatic rings. The van der Waals surface area contributed by atoms with Crippen LogP contribution >= 0.6 is 11.8 Å². The number of aliphatic hydroxyl groups is 1. The van der Waals surface area contributed by atoms with Gasteiger partial charge in [-0.1, -0.05) is 44.2 Å². The molecule has 3 fully saturated rings. The third-order valence-electron chi connectivity index (χ3n) is 9.67. The first-order valence-corrected chi connectivity index (χ1v) is 16.5. The summed E-state index contributed by atoms with van der Waals surface area (Å²) in [4.78, 5) is 46.6. The highest BCUT2D eigenvalue weighted by molar-refractivity contribution is 8.02. The second kappa shape index (κ2) is 12.5. The predicted octanol–water partition coefficient (Wildman–Crippen LogP) is 4.68. The van der Waals surface area contributed by atoms with Gasteiger partial charge >= 0.3 is 0 Å². The van der Waals surface area contributed by atoms with Crippen molar-refractivity contribution in [1.82, 2.24) is 10.2 Å². The fourth-order valence-electron chi connectivity index (χ4n) is 7.73. The largest absolute Gasteiger partial charge is 0.394 e. The number of anilines is 2. The van der Waals surface area contributed by atoms with Crippen molar-refractivity contribution in [1.29, 1.82) is 0 Å². The minimum Gasteiger partial charge on any atom is -0.394 e. The van der Waals surface area contributed by atoms with E-state index >= 15 is 0 Å². The van der Waals surface area contributed by atoms with Crippen LogP contribution in [0.2, 0.25) is 0 Å². The molecule has 8 nitrogen and oxygen atoms in total. The number of likely N-dealkylation sites (tertiary alicyclic amines) is 1. The van der Waals surface area contributed by atoms with E-state index in [4.69, 9.17) is 0 Å². The summed E-state index contributed by atoms with van der Waals surface area (Å²) < 4.78 is -1.19. The topological polar surface area (TPSA) is 102 Å². The molecule has 6 atom stereocenters. The van der Waals surface area contributed by atoms with E-state index in [2.05, 4.69) is 50.2 Å². The van der Waals surface area contributed by atoms with E-state index in [1.54, 1.807) is 16.7 Å². The summed E-state index contributed by atoms with van der Waals surface area (Å²) in [5.41, 5.74) is 2.74. The summed E-state index contributed by atoms with van der Waals surface area (Å²) in [7, 11) is 0. The van der Waals surface area contributed by atoms with E-state index in [1.165, 1.54) is 0 Å².